The number of rotatable bonds is 4. The zero-order chi connectivity index (χ0) is 19.0. The minimum Gasteiger partial charge on any atom is -0.493 e. The van der Waals surface area contributed by atoms with Gasteiger partial charge in [0, 0.05) is 21.8 Å². The highest BCUT2D eigenvalue weighted by molar-refractivity contribution is 6.31. The number of fused-ring (bicyclic) bond motifs is 1. The maximum absolute atomic E-state index is 14.6. The van der Waals surface area contributed by atoms with Gasteiger partial charge in [0.2, 0.25) is 5.95 Å². The summed E-state index contributed by atoms with van der Waals surface area (Å²) in [5, 5.41) is 7.75. The Morgan fingerprint density at radius 1 is 1.15 bits per heavy atom. The average molecular weight is 387 g/mol. The Labute approximate surface area is 160 Å². The quantitative estimate of drug-likeness (QED) is 0.730. The third kappa shape index (κ3) is 3.00. The van der Waals surface area contributed by atoms with Crippen LogP contribution < -0.4 is 14.8 Å². The maximum atomic E-state index is 14.6. The van der Waals surface area contributed by atoms with Crippen LogP contribution in [-0.4, -0.2) is 29.0 Å². The predicted molar refractivity (Wildman–Crippen MR) is 101 cm³/mol. The molecule has 1 atom stereocenters. The summed E-state index contributed by atoms with van der Waals surface area (Å²) < 4.78 is 26.8. The van der Waals surface area contributed by atoms with Crippen molar-refractivity contribution >= 4 is 23.2 Å². The van der Waals surface area contributed by atoms with E-state index in [1.165, 1.54) is 12.4 Å². The Kier molecular flexibility index (Phi) is 4.45. The Hall–Kier alpha value is -3.06. The first kappa shape index (κ1) is 17.4. The molecule has 0 saturated heterocycles. The van der Waals surface area contributed by atoms with Gasteiger partial charge in [-0.05, 0) is 36.4 Å². The van der Waals surface area contributed by atoms with Crippen molar-refractivity contribution in [2.24, 2.45) is 0 Å². The first-order valence-electron chi connectivity index (χ1n) is 8.17. The molecule has 1 aliphatic rings. The molecule has 4 rings (SSSR count). The van der Waals surface area contributed by atoms with Crippen molar-refractivity contribution in [3.05, 3.63) is 70.8 Å². The predicted octanol–water partition coefficient (Wildman–Crippen LogP) is 4.14. The van der Waals surface area contributed by atoms with Crippen LogP contribution in [0.2, 0.25) is 5.02 Å². The summed E-state index contributed by atoms with van der Waals surface area (Å²) in [6, 6.07) is 9.59. The lowest BCUT2D eigenvalue weighted by Gasteiger charge is -2.25. The fourth-order valence-corrected chi connectivity index (χ4v) is 3.38. The van der Waals surface area contributed by atoms with Crippen molar-refractivity contribution in [3.63, 3.8) is 0 Å². The lowest BCUT2D eigenvalue weighted by molar-refractivity contribution is 0.355. The van der Waals surface area contributed by atoms with Gasteiger partial charge in [-0.2, -0.15) is 10.1 Å². The molecular formula is C19H16ClFN4O2. The number of halogens is 2. The lowest BCUT2D eigenvalue weighted by atomic mass is 10.0. The first-order chi connectivity index (χ1) is 13.1. The van der Waals surface area contributed by atoms with Gasteiger partial charge in [0.25, 0.3) is 0 Å². The van der Waals surface area contributed by atoms with E-state index in [-0.39, 0.29) is 0 Å². The van der Waals surface area contributed by atoms with Crippen molar-refractivity contribution < 1.29 is 13.9 Å². The zero-order valence-electron chi connectivity index (χ0n) is 14.6. The molecule has 1 aromatic heterocycles. The summed E-state index contributed by atoms with van der Waals surface area (Å²) >= 11 is 6.29. The van der Waals surface area contributed by atoms with Crippen LogP contribution in [0.25, 0.3) is 5.70 Å². The second-order valence-corrected chi connectivity index (χ2v) is 6.29. The average Bonchev–Trinajstić information content (AvgIpc) is 3.16. The summed E-state index contributed by atoms with van der Waals surface area (Å²) in [6.45, 7) is 0. The van der Waals surface area contributed by atoms with Crippen LogP contribution in [0, 0.1) is 5.82 Å². The second-order valence-electron chi connectivity index (χ2n) is 5.88. The van der Waals surface area contributed by atoms with Gasteiger partial charge in [-0.15, -0.1) is 0 Å². The van der Waals surface area contributed by atoms with Crippen molar-refractivity contribution in [2.75, 3.05) is 19.5 Å². The molecule has 0 fully saturated rings. The standard InChI is InChI=1S/C19H16ClFN4O2/c1-26-16-7-6-11(8-17(16)27-2)14-9-15(25-19(24-14)22-10-23-25)18-12(20)4-3-5-13(18)21/h3-10,15H,1-2H3,(H,22,23,24)/t15-/m1/s1. The number of nitrogens with one attached hydrogen (secondary N) is 1. The van der Waals surface area contributed by atoms with Gasteiger partial charge in [-0.1, -0.05) is 17.7 Å². The molecule has 3 aromatic rings. The minimum absolute atomic E-state index is 0.325. The van der Waals surface area contributed by atoms with Crippen molar-refractivity contribution in [2.45, 2.75) is 6.04 Å². The highest BCUT2D eigenvalue weighted by atomic mass is 35.5. The third-order valence-corrected chi connectivity index (χ3v) is 4.73. The largest absolute Gasteiger partial charge is 0.493 e. The third-order valence-electron chi connectivity index (χ3n) is 4.40. The van der Waals surface area contributed by atoms with Gasteiger partial charge in [-0.3, -0.25) is 0 Å². The number of aromatic nitrogens is 3. The molecule has 0 aliphatic carbocycles. The molecule has 0 spiro atoms. The second kappa shape index (κ2) is 6.92. The van der Waals surface area contributed by atoms with Gasteiger partial charge >= 0.3 is 0 Å². The van der Waals surface area contributed by atoms with Crippen molar-refractivity contribution in [1.29, 1.82) is 0 Å². The summed E-state index contributed by atoms with van der Waals surface area (Å²) in [5.74, 6) is 1.30. The molecule has 0 saturated carbocycles. The number of methoxy groups -OCH3 is 2. The highest BCUT2D eigenvalue weighted by Gasteiger charge is 2.27. The summed E-state index contributed by atoms with van der Waals surface area (Å²) in [4.78, 5) is 4.22. The summed E-state index contributed by atoms with van der Waals surface area (Å²) in [6.07, 6.45) is 3.27. The molecule has 0 unspecified atom stereocenters. The maximum Gasteiger partial charge on any atom is 0.226 e. The zero-order valence-corrected chi connectivity index (χ0v) is 15.4. The lowest BCUT2D eigenvalue weighted by Crippen LogP contribution is -2.21. The van der Waals surface area contributed by atoms with Crippen LogP contribution in [-0.2, 0) is 0 Å². The Morgan fingerprint density at radius 3 is 2.70 bits per heavy atom. The van der Waals surface area contributed by atoms with E-state index in [9.17, 15) is 4.39 Å². The van der Waals surface area contributed by atoms with Crippen LogP contribution in [0.4, 0.5) is 10.3 Å². The molecule has 1 N–H and O–H groups in total. The van der Waals surface area contributed by atoms with Crippen molar-refractivity contribution in [3.8, 4) is 11.5 Å². The molecule has 0 radical (unpaired) electrons. The molecule has 138 valence electrons. The fraction of sp³-hybridized carbons (Fsp3) is 0.158. The number of ether oxygens (including phenoxy) is 2. The van der Waals surface area contributed by atoms with E-state index < -0.39 is 11.9 Å². The Morgan fingerprint density at radius 2 is 1.96 bits per heavy atom. The van der Waals surface area contributed by atoms with Crippen LogP contribution in [0.1, 0.15) is 17.2 Å². The Balaban J connectivity index is 1.85. The van der Waals surface area contributed by atoms with Crippen LogP contribution in [0.15, 0.2) is 48.8 Å². The number of anilines is 1. The molecular weight excluding hydrogens is 371 g/mol. The molecule has 27 heavy (non-hydrogen) atoms. The van der Waals surface area contributed by atoms with Gasteiger partial charge in [0.1, 0.15) is 18.2 Å². The number of nitrogens with zero attached hydrogens (tertiary/aromatic N) is 3. The molecule has 6 nitrogen and oxygen atoms in total. The highest BCUT2D eigenvalue weighted by Crippen LogP contribution is 2.38. The molecule has 2 heterocycles. The molecule has 0 amide bonds. The van der Waals surface area contributed by atoms with E-state index in [0.29, 0.717) is 28.0 Å². The monoisotopic (exact) mass is 386 g/mol. The number of benzene rings is 2. The molecule has 1 aliphatic heterocycles. The molecule has 0 bridgehead atoms. The van der Waals surface area contributed by atoms with E-state index in [0.717, 1.165) is 11.3 Å². The van der Waals surface area contributed by atoms with Crippen molar-refractivity contribution in [1.82, 2.24) is 14.8 Å². The summed E-state index contributed by atoms with van der Waals surface area (Å²) in [5.41, 5.74) is 1.91. The van der Waals surface area contributed by atoms with E-state index in [1.807, 2.05) is 18.2 Å². The summed E-state index contributed by atoms with van der Waals surface area (Å²) in [7, 11) is 3.15. The van der Waals surface area contributed by atoms with Gasteiger partial charge < -0.3 is 14.8 Å². The molecule has 2 aromatic carbocycles. The van der Waals surface area contributed by atoms with E-state index in [1.54, 1.807) is 37.1 Å². The smallest absolute Gasteiger partial charge is 0.226 e. The molecule has 8 heteroatoms. The van der Waals surface area contributed by atoms with Gasteiger partial charge in [-0.25, -0.2) is 9.07 Å². The van der Waals surface area contributed by atoms with Crippen LogP contribution in [0.5, 0.6) is 11.5 Å². The van der Waals surface area contributed by atoms with Gasteiger partial charge in [0.15, 0.2) is 11.5 Å². The Bertz CT molecular complexity index is 1010. The normalized spacial score (nSPS) is 15.6. The fourth-order valence-electron chi connectivity index (χ4n) is 3.10. The number of hydrogen-bond donors (Lipinski definition) is 1. The van der Waals surface area contributed by atoms with E-state index in [2.05, 4.69) is 15.4 Å². The SMILES string of the molecule is COc1ccc(C2=C[C@H](c3c(F)cccc3Cl)n3ncnc3N2)cc1OC. The number of allylic oxidation sites excluding steroid dienone is 1. The van der Waals surface area contributed by atoms with E-state index >= 15 is 0 Å². The van der Waals surface area contributed by atoms with Crippen LogP contribution >= 0.6 is 11.6 Å². The topological polar surface area (TPSA) is 61.2 Å². The van der Waals surface area contributed by atoms with E-state index in [4.69, 9.17) is 21.1 Å². The number of hydrogen-bond acceptors (Lipinski definition) is 5. The van der Waals surface area contributed by atoms with Gasteiger partial charge in [0.05, 0.1) is 14.2 Å². The first-order valence-corrected chi connectivity index (χ1v) is 8.55. The van der Waals surface area contributed by atoms with Crippen LogP contribution in [0.3, 0.4) is 0 Å². The minimum atomic E-state index is -0.541.